The fourth-order valence-electron chi connectivity index (χ4n) is 3.79. The van der Waals surface area contributed by atoms with Crippen LogP contribution in [0.3, 0.4) is 0 Å². The van der Waals surface area contributed by atoms with E-state index in [4.69, 9.17) is 11.2 Å². The van der Waals surface area contributed by atoms with Crippen molar-refractivity contribution in [2.75, 3.05) is 11.9 Å². The first-order valence-corrected chi connectivity index (χ1v) is 8.93. The van der Waals surface area contributed by atoms with Crippen molar-refractivity contribution in [1.82, 2.24) is 19.9 Å². The van der Waals surface area contributed by atoms with Gasteiger partial charge in [-0.05, 0) is 19.1 Å². The number of ether oxygens (including phenoxy) is 1. The van der Waals surface area contributed by atoms with Gasteiger partial charge < -0.3 is 15.4 Å². The molecule has 0 radical (unpaired) electrons. The number of rotatable bonds is 0. The molecular weight excluding hydrogens is 380 g/mol. The molecule has 0 fully saturated rings. The molecule has 1 aromatic carbocycles. The quantitative estimate of drug-likeness (QED) is 0.571. The number of anilines is 1. The lowest BCUT2D eigenvalue weighted by Gasteiger charge is -2.25. The molecule has 0 spiro atoms. The molecule has 0 unspecified atom stereocenters. The van der Waals surface area contributed by atoms with Gasteiger partial charge >= 0.3 is 0 Å². The number of carbonyl (C=O) groups is 1. The number of terminal acetylenes is 1. The fraction of sp³-hybridized carbons (Fsp3) is 0.250. The molecule has 4 heterocycles. The number of hydrogen-bond acceptors (Lipinski definition) is 5. The zero-order valence-electron chi connectivity index (χ0n) is 15.3. The molecule has 5 rings (SSSR count). The summed E-state index contributed by atoms with van der Waals surface area (Å²) >= 11 is 0. The number of amides is 1. The van der Waals surface area contributed by atoms with Crippen molar-refractivity contribution in [3.63, 3.8) is 0 Å². The summed E-state index contributed by atoms with van der Waals surface area (Å²) in [6, 6.07) is 1.65. The van der Waals surface area contributed by atoms with Crippen LogP contribution in [0.2, 0.25) is 0 Å². The van der Waals surface area contributed by atoms with E-state index in [1.165, 1.54) is 10.7 Å². The van der Waals surface area contributed by atoms with E-state index in [9.17, 15) is 13.6 Å². The van der Waals surface area contributed by atoms with E-state index in [0.717, 1.165) is 6.07 Å². The lowest BCUT2D eigenvalue weighted by atomic mass is 9.96. The molecule has 0 saturated carbocycles. The molecule has 3 aromatic rings. The summed E-state index contributed by atoms with van der Waals surface area (Å²) in [5.74, 6) is 0.464. The highest BCUT2D eigenvalue weighted by molar-refractivity contribution is 5.99. The minimum atomic E-state index is -1.08. The van der Waals surface area contributed by atoms with Gasteiger partial charge in [-0.3, -0.25) is 4.79 Å². The van der Waals surface area contributed by atoms with Crippen LogP contribution in [-0.4, -0.2) is 32.7 Å². The maximum Gasteiger partial charge on any atom is 0.256 e. The molecule has 2 atom stereocenters. The van der Waals surface area contributed by atoms with Crippen molar-refractivity contribution >= 4 is 17.4 Å². The van der Waals surface area contributed by atoms with Gasteiger partial charge in [0.25, 0.3) is 5.91 Å². The van der Waals surface area contributed by atoms with Crippen molar-refractivity contribution in [2.45, 2.75) is 25.0 Å². The standard InChI is InChI=1S/C20H15F2N5O2/c1-3-13-15-16(22)12(21)6-10-7-20(2,29-17(10)15)9-23-19(28)11-8-24-27-5-4-14(25-13)26-18(11)27/h1,4-6,8,13H,7,9H2,2H3,(H,23,28)(H,25,26)/t13-,20+/m1/s1. The minimum absolute atomic E-state index is 0.0906. The van der Waals surface area contributed by atoms with E-state index in [1.54, 1.807) is 19.2 Å². The third kappa shape index (κ3) is 2.60. The summed E-state index contributed by atoms with van der Waals surface area (Å²) in [5.41, 5.74) is 0.0953. The highest BCUT2D eigenvalue weighted by Gasteiger charge is 2.40. The minimum Gasteiger partial charge on any atom is -0.485 e. The van der Waals surface area contributed by atoms with Gasteiger partial charge in [0.1, 0.15) is 28.8 Å². The maximum atomic E-state index is 14.8. The fourth-order valence-corrected chi connectivity index (χ4v) is 3.79. The normalized spacial score (nSPS) is 22.7. The predicted octanol–water partition coefficient (Wildman–Crippen LogP) is 2.23. The Balaban J connectivity index is 1.73. The van der Waals surface area contributed by atoms with Gasteiger partial charge in [-0.15, -0.1) is 6.42 Å². The zero-order valence-corrected chi connectivity index (χ0v) is 15.3. The van der Waals surface area contributed by atoms with Gasteiger partial charge in [0.05, 0.1) is 18.3 Å². The van der Waals surface area contributed by atoms with Gasteiger partial charge in [0, 0.05) is 18.2 Å². The van der Waals surface area contributed by atoms with E-state index in [-0.39, 0.29) is 41.6 Å². The van der Waals surface area contributed by atoms with Gasteiger partial charge in [0.15, 0.2) is 17.3 Å². The second kappa shape index (κ2) is 5.91. The van der Waals surface area contributed by atoms with Crippen LogP contribution < -0.4 is 15.4 Å². The van der Waals surface area contributed by atoms with Crippen LogP contribution in [0.5, 0.6) is 5.75 Å². The molecule has 2 aliphatic heterocycles. The van der Waals surface area contributed by atoms with Gasteiger partial charge in [-0.25, -0.2) is 18.3 Å². The van der Waals surface area contributed by atoms with Crippen LogP contribution >= 0.6 is 0 Å². The zero-order chi connectivity index (χ0) is 20.3. The number of hydrogen-bond donors (Lipinski definition) is 2. The second-order valence-corrected chi connectivity index (χ2v) is 7.37. The molecule has 9 heteroatoms. The summed E-state index contributed by atoms with van der Waals surface area (Å²) in [6.07, 6.45) is 8.95. The molecule has 2 aromatic heterocycles. The average molecular weight is 395 g/mol. The van der Waals surface area contributed by atoms with Crippen molar-refractivity contribution in [2.24, 2.45) is 0 Å². The van der Waals surface area contributed by atoms with Crippen molar-refractivity contribution in [3.05, 3.63) is 52.9 Å². The van der Waals surface area contributed by atoms with Gasteiger partial charge in [0.2, 0.25) is 0 Å². The Morgan fingerprint density at radius 3 is 3.07 bits per heavy atom. The number of nitrogens with zero attached hydrogens (tertiary/aromatic N) is 3. The average Bonchev–Trinajstić information content (AvgIpc) is 3.26. The predicted molar refractivity (Wildman–Crippen MR) is 99.6 cm³/mol. The highest BCUT2D eigenvalue weighted by atomic mass is 19.2. The Morgan fingerprint density at radius 2 is 2.28 bits per heavy atom. The third-order valence-electron chi connectivity index (χ3n) is 5.18. The largest absolute Gasteiger partial charge is 0.485 e. The first-order valence-electron chi connectivity index (χ1n) is 8.93. The molecule has 2 aliphatic rings. The number of nitrogens with one attached hydrogen (secondary N) is 2. The van der Waals surface area contributed by atoms with Crippen LogP contribution in [0.4, 0.5) is 14.6 Å². The van der Waals surface area contributed by atoms with Crippen molar-refractivity contribution in [1.29, 1.82) is 0 Å². The molecule has 29 heavy (non-hydrogen) atoms. The van der Waals surface area contributed by atoms with Gasteiger partial charge in [-0.1, -0.05) is 5.92 Å². The summed E-state index contributed by atoms with van der Waals surface area (Å²) < 4.78 is 36.6. The van der Waals surface area contributed by atoms with E-state index in [2.05, 4.69) is 26.6 Å². The number of benzene rings is 1. The summed E-state index contributed by atoms with van der Waals surface area (Å²) in [5, 5.41) is 9.86. The summed E-state index contributed by atoms with van der Waals surface area (Å²) in [7, 11) is 0. The Bertz CT molecular complexity index is 1230. The lowest BCUT2D eigenvalue weighted by molar-refractivity contribution is 0.0838. The topological polar surface area (TPSA) is 80.5 Å². The Morgan fingerprint density at radius 1 is 1.45 bits per heavy atom. The molecule has 1 amide bonds. The lowest BCUT2D eigenvalue weighted by Crippen LogP contribution is -2.44. The van der Waals surface area contributed by atoms with E-state index in [0.29, 0.717) is 11.2 Å². The Hall–Kier alpha value is -3.67. The molecule has 0 aliphatic carbocycles. The maximum absolute atomic E-state index is 14.8. The molecule has 7 nitrogen and oxygen atoms in total. The van der Waals surface area contributed by atoms with Gasteiger partial charge in [-0.2, -0.15) is 5.10 Å². The molecule has 2 N–H and O–H groups in total. The smallest absolute Gasteiger partial charge is 0.256 e. The highest BCUT2D eigenvalue weighted by Crippen LogP contribution is 2.43. The Kier molecular flexibility index (Phi) is 3.55. The van der Waals surface area contributed by atoms with E-state index in [1.807, 2.05) is 0 Å². The van der Waals surface area contributed by atoms with Crippen LogP contribution in [0.1, 0.15) is 34.5 Å². The van der Waals surface area contributed by atoms with E-state index < -0.39 is 23.3 Å². The van der Waals surface area contributed by atoms with Crippen LogP contribution in [0.25, 0.3) is 5.65 Å². The van der Waals surface area contributed by atoms with Crippen LogP contribution in [0.15, 0.2) is 24.5 Å². The first-order chi connectivity index (χ1) is 13.9. The summed E-state index contributed by atoms with van der Waals surface area (Å²) in [6.45, 7) is 1.88. The number of carbonyl (C=O) groups excluding carboxylic acids is 1. The summed E-state index contributed by atoms with van der Waals surface area (Å²) in [4.78, 5) is 17.1. The third-order valence-corrected chi connectivity index (χ3v) is 5.18. The number of fused-ring (bicyclic) bond motifs is 2. The number of halogens is 2. The monoisotopic (exact) mass is 395 g/mol. The second-order valence-electron chi connectivity index (χ2n) is 7.37. The first kappa shape index (κ1) is 17.4. The molecule has 146 valence electrons. The molecular formula is C20H15F2N5O2. The SMILES string of the molecule is C#C[C@H]1Nc2ccn3ncc(c3n2)C(=O)NC[C@]2(C)Cc3cc(F)c(F)c1c3O2. The van der Waals surface area contributed by atoms with Crippen molar-refractivity contribution in [3.8, 4) is 18.1 Å². The molecule has 4 bridgehead atoms. The van der Waals surface area contributed by atoms with Crippen LogP contribution in [-0.2, 0) is 6.42 Å². The van der Waals surface area contributed by atoms with Crippen molar-refractivity contribution < 1.29 is 18.3 Å². The van der Waals surface area contributed by atoms with Crippen LogP contribution in [0, 0.1) is 24.0 Å². The molecule has 0 saturated heterocycles. The van der Waals surface area contributed by atoms with E-state index >= 15 is 0 Å². The number of aromatic nitrogens is 3. The Labute approximate surface area is 164 Å².